The van der Waals surface area contributed by atoms with Crippen molar-refractivity contribution in [2.75, 3.05) is 11.9 Å². The molecule has 2 aromatic rings. The summed E-state index contributed by atoms with van der Waals surface area (Å²) in [6.07, 6.45) is 3.44. The van der Waals surface area contributed by atoms with Gasteiger partial charge >= 0.3 is 0 Å². The van der Waals surface area contributed by atoms with E-state index in [0.717, 1.165) is 29.8 Å². The van der Waals surface area contributed by atoms with Crippen LogP contribution in [0.4, 0.5) is 5.82 Å². The summed E-state index contributed by atoms with van der Waals surface area (Å²) >= 11 is 3.71. The second-order valence-corrected chi connectivity index (χ2v) is 6.68. The van der Waals surface area contributed by atoms with Crippen molar-refractivity contribution >= 4 is 21.7 Å². The number of aryl methyl sites for hydroxylation is 2. The first-order valence-corrected chi connectivity index (χ1v) is 8.54. The van der Waals surface area contributed by atoms with E-state index in [4.69, 9.17) is 5.10 Å². The maximum Gasteiger partial charge on any atom is 0.139 e. The summed E-state index contributed by atoms with van der Waals surface area (Å²) in [5.41, 5.74) is 3.89. The Bertz CT molecular complexity index is 616. The zero-order chi connectivity index (χ0) is 14.8. The molecule has 1 atom stereocenters. The van der Waals surface area contributed by atoms with E-state index >= 15 is 0 Å². The molecule has 112 valence electrons. The van der Waals surface area contributed by atoms with Crippen LogP contribution in [0.1, 0.15) is 42.5 Å². The van der Waals surface area contributed by atoms with Crippen molar-refractivity contribution in [1.29, 1.82) is 0 Å². The van der Waals surface area contributed by atoms with Gasteiger partial charge in [0.1, 0.15) is 5.82 Å². The number of unbranched alkanes of at least 4 members (excludes halogenated alkanes) is 1. The van der Waals surface area contributed by atoms with Crippen LogP contribution in [-0.4, -0.2) is 16.3 Å². The number of nitrogens with zero attached hydrogens (tertiary/aromatic N) is 2. The fourth-order valence-corrected chi connectivity index (χ4v) is 3.47. The van der Waals surface area contributed by atoms with E-state index in [-0.39, 0.29) is 0 Å². The van der Waals surface area contributed by atoms with Crippen LogP contribution in [0, 0.1) is 6.92 Å². The SMILES string of the molecule is CCCCc1nn2c(c1Br)NCC(c1ccc(C)cc1)C2. The Kier molecular flexibility index (Phi) is 4.34. The van der Waals surface area contributed by atoms with Crippen molar-refractivity contribution in [2.45, 2.75) is 45.6 Å². The van der Waals surface area contributed by atoms with Gasteiger partial charge in [0.15, 0.2) is 0 Å². The van der Waals surface area contributed by atoms with Gasteiger partial charge in [0.05, 0.1) is 16.7 Å². The smallest absolute Gasteiger partial charge is 0.139 e. The third kappa shape index (κ3) is 3.00. The minimum atomic E-state index is 0.490. The van der Waals surface area contributed by atoms with Crippen LogP contribution in [0.2, 0.25) is 0 Å². The van der Waals surface area contributed by atoms with E-state index in [0.29, 0.717) is 5.92 Å². The molecule has 2 heterocycles. The summed E-state index contributed by atoms with van der Waals surface area (Å²) in [5, 5.41) is 8.33. The van der Waals surface area contributed by atoms with Crippen LogP contribution in [0.25, 0.3) is 0 Å². The molecular weight excluding hydrogens is 326 g/mol. The van der Waals surface area contributed by atoms with Gasteiger partial charge < -0.3 is 5.32 Å². The molecular formula is C17H22BrN3. The van der Waals surface area contributed by atoms with Gasteiger partial charge in [-0.05, 0) is 41.3 Å². The Morgan fingerprint density at radius 2 is 2.10 bits per heavy atom. The predicted molar refractivity (Wildman–Crippen MR) is 90.9 cm³/mol. The summed E-state index contributed by atoms with van der Waals surface area (Å²) < 4.78 is 3.28. The number of nitrogens with one attached hydrogen (secondary N) is 1. The molecule has 3 nitrogen and oxygen atoms in total. The number of anilines is 1. The second kappa shape index (κ2) is 6.22. The molecule has 0 saturated heterocycles. The molecule has 1 N–H and O–H groups in total. The van der Waals surface area contributed by atoms with Crippen LogP contribution < -0.4 is 5.32 Å². The molecule has 1 aromatic carbocycles. The van der Waals surface area contributed by atoms with Gasteiger partial charge in [0.25, 0.3) is 0 Å². The van der Waals surface area contributed by atoms with Crippen LogP contribution in [0.3, 0.4) is 0 Å². The molecule has 0 spiro atoms. The average molecular weight is 348 g/mol. The molecule has 1 aliphatic rings. The number of aromatic nitrogens is 2. The molecule has 0 radical (unpaired) electrons. The first-order chi connectivity index (χ1) is 10.2. The summed E-state index contributed by atoms with van der Waals surface area (Å²) in [4.78, 5) is 0. The molecule has 1 unspecified atom stereocenters. The standard InChI is InChI=1S/C17H22BrN3/c1-3-4-5-15-16(18)17-19-10-14(11-21(17)20-15)13-8-6-12(2)7-9-13/h6-9,14,19H,3-5,10-11H2,1-2H3. The van der Waals surface area contributed by atoms with Gasteiger partial charge in [-0.3, -0.25) is 0 Å². The zero-order valence-corrected chi connectivity index (χ0v) is 14.3. The van der Waals surface area contributed by atoms with Gasteiger partial charge in [-0.25, -0.2) is 4.68 Å². The van der Waals surface area contributed by atoms with E-state index in [1.807, 2.05) is 0 Å². The Labute approximate surface area is 134 Å². The van der Waals surface area contributed by atoms with Gasteiger partial charge in [0.2, 0.25) is 0 Å². The second-order valence-electron chi connectivity index (χ2n) is 5.88. The molecule has 0 aliphatic carbocycles. The number of halogens is 1. The molecule has 1 aliphatic heterocycles. The number of hydrogen-bond acceptors (Lipinski definition) is 2. The molecule has 0 fully saturated rings. The van der Waals surface area contributed by atoms with Crippen molar-refractivity contribution in [2.24, 2.45) is 0 Å². The lowest BCUT2D eigenvalue weighted by Gasteiger charge is -2.25. The minimum absolute atomic E-state index is 0.490. The van der Waals surface area contributed by atoms with E-state index in [2.05, 4.69) is 64.0 Å². The molecule has 1 aromatic heterocycles. The predicted octanol–water partition coefficient (Wildman–Crippen LogP) is 4.51. The third-order valence-corrected chi connectivity index (χ3v) is 5.02. The minimum Gasteiger partial charge on any atom is -0.369 e. The lowest BCUT2D eigenvalue weighted by Crippen LogP contribution is -2.26. The zero-order valence-electron chi connectivity index (χ0n) is 12.7. The van der Waals surface area contributed by atoms with E-state index in [9.17, 15) is 0 Å². The maximum atomic E-state index is 4.79. The highest BCUT2D eigenvalue weighted by molar-refractivity contribution is 9.10. The lowest BCUT2D eigenvalue weighted by atomic mass is 9.97. The van der Waals surface area contributed by atoms with Gasteiger partial charge in [0, 0.05) is 12.5 Å². The summed E-state index contributed by atoms with van der Waals surface area (Å²) in [6.45, 7) is 6.28. The maximum absolute atomic E-state index is 4.79. The molecule has 21 heavy (non-hydrogen) atoms. The highest BCUT2D eigenvalue weighted by Crippen LogP contribution is 2.33. The van der Waals surface area contributed by atoms with Crippen molar-refractivity contribution in [3.05, 3.63) is 45.6 Å². The molecule has 3 rings (SSSR count). The summed E-state index contributed by atoms with van der Waals surface area (Å²) in [5.74, 6) is 1.63. The third-order valence-electron chi connectivity index (χ3n) is 4.19. The van der Waals surface area contributed by atoms with Gasteiger partial charge in [-0.2, -0.15) is 5.10 Å². The topological polar surface area (TPSA) is 29.9 Å². The van der Waals surface area contributed by atoms with Crippen LogP contribution >= 0.6 is 15.9 Å². The first-order valence-electron chi connectivity index (χ1n) is 7.74. The van der Waals surface area contributed by atoms with E-state index in [1.165, 1.54) is 29.7 Å². The Morgan fingerprint density at radius 1 is 1.33 bits per heavy atom. The van der Waals surface area contributed by atoms with Crippen LogP contribution in [-0.2, 0) is 13.0 Å². The van der Waals surface area contributed by atoms with Crippen molar-refractivity contribution in [1.82, 2.24) is 9.78 Å². The number of hydrogen-bond donors (Lipinski definition) is 1. The molecule has 0 saturated carbocycles. The number of fused-ring (bicyclic) bond motifs is 1. The highest BCUT2D eigenvalue weighted by atomic mass is 79.9. The normalized spacial score (nSPS) is 17.4. The molecule has 0 amide bonds. The first kappa shape index (κ1) is 14.6. The summed E-state index contributed by atoms with van der Waals surface area (Å²) in [6, 6.07) is 8.86. The fourth-order valence-electron chi connectivity index (χ4n) is 2.85. The quantitative estimate of drug-likeness (QED) is 0.881. The summed E-state index contributed by atoms with van der Waals surface area (Å²) in [7, 11) is 0. The van der Waals surface area contributed by atoms with Crippen LogP contribution in [0.5, 0.6) is 0 Å². The van der Waals surface area contributed by atoms with E-state index in [1.54, 1.807) is 0 Å². The van der Waals surface area contributed by atoms with Crippen LogP contribution in [0.15, 0.2) is 28.7 Å². The average Bonchev–Trinajstić information content (AvgIpc) is 2.82. The van der Waals surface area contributed by atoms with Crippen molar-refractivity contribution in [3.8, 4) is 0 Å². The Balaban J connectivity index is 1.80. The van der Waals surface area contributed by atoms with Crippen molar-refractivity contribution < 1.29 is 0 Å². The fraction of sp³-hybridized carbons (Fsp3) is 0.471. The van der Waals surface area contributed by atoms with Gasteiger partial charge in [-0.15, -0.1) is 0 Å². The van der Waals surface area contributed by atoms with Crippen molar-refractivity contribution in [3.63, 3.8) is 0 Å². The Morgan fingerprint density at radius 3 is 2.81 bits per heavy atom. The Hall–Kier alpha value is -1.29. The monoisotopic (exact) mass is 347 g/mol. The molecule has 0 bridgehead atoms. The van der Waals surface area contributed by atoms with E-state index < -0.39 is 0 Å². The lowest BCUT2D eigenvalue weighted by molar-refractivity contribution is 0.501. The largest absolute Gasteiger partial charge is 0.369 e. The number of rotatable bonds is 4. The number of benzene rings is 1. The molecule has 4 heteroatoms. The van der Waals surface area contributed by atoms with Gasteiger partial charge in [-0.1, -0.05) is 43.2 Å². The highest BCUT2D eigenvalue weighted by Gasteiger charge is 2.24.